The van der Waals surface area contributed by atoms with Gasteiger partial charge in [-0.2, -0.15) is 0 Å². The van der Waals surface area contributed by atoms with Crippen LogP contribution in [0.3, 0.4) is 0 Å². The van der Waals surface area contributed by atoms with Gasteiger partial charge in [-0.1, -0.05) is 6.92 Å². The number of nitrogens with one attached hydrogen (secondary N) is 1. The molecule has 0 bridgehead atoms. The fourth-order valence-corrected chi connectivity index (χ4v) is 0.626. The summed E-state index contributed by atoms with van der Waals surface area (Å²) in [6.45, 7) is 9.44. The van der Waals surface area contributed by atoms with Gasteiger partial charge >= 0.3 is 0 Å². The molecule has 1 N–H and O–H groups in total. The van der Waals surface area contributed by atoms with E-state index >= 15 is 0 Å². The fourth-order valence-electron chi connectivity index (χ4n) is 0.626. The monoisotopic (exact) mass is 229 g/mol. The van der Waals surface area contributed by atoms with Gasteiger partial charge in [0.1, 0.15) is 6.29 Å². The second-order valence-electron chi connectivity index (χ2n) is 3.49. The maximum Gasteiger partial charge on any atom is 0.258 e. The first-order valence-electron chi connectivity index (χ1n) is 5.46. The summed E-state index contributed by atoms with van der Waals surface area (Å²) in [5.74, 6) is 0.695. The third-order valence-electron chi connectivity index (χ3n) is 1.45. The number of hydrogen-bond donors (Lipinski definition) is 1. The van der Waals surface area contributed by atoms with Gasteiger partial charge in [0.2, 0.25) is 0 Å². The van der Waals surface area contributed by atoms with Gasteiger partial charge in [0.05, 0.1) is 5.76 Å². The van der Waals surface area contributed by atoms with Gasteiger partial charge in [-0.25, -0.2) is 0 Å². The first-order valence-corrected chi connectivity index (χ1v) is 5.46. The van der Waals surface area contributed by atoms with Crippen molar-refractivity contribution in [3.05, 3.63) is 11.8 Å². The Balaban J connectivity index is 0. The second kappa shape index (κ2) is 11.8. The van der Waals surface area contributed by atoms with Crippen LogP contribution in [0.5, 0.6) is 0 Å². The number of carbonyl (C=O) groups is 2. The molecule has 16 heavy (non-hydrogen) atoms. The van der Waals surface area contributed by atoms with Crippen LogP contribution in [0.4, 0.5) is 0 Å². The third-order valence-corrected chi connectivity index (χ3v) is 1.45. The summed E-state index contributed by atoms with van der Waals surface area (Å²) in [5, 5.41) is 2.73. The van der Waals surface area contributed by atoms with Crippen molar-refractivity contribution in [2.24, 2.45) is 0 Å². The number of ether oxygens (including phenoxy) is 1. The predicted octanol–water partition coefficient (Wildman–Crippen LogP) is 2.05. The molecule has 0 unspecified atom stereocenters. The number of aldehydes is 1. The summed E-state index contributed by atoms with van der Waals surface area (Å²) in [5.41, 5.74) is 0. The van der Waals surface area contributed by atoms with Crippen LogP contribution in [0, 0.1) is 0 Å². The Bertz CT molecular complexity index is 222. The minimum absolute atomic E-state index is 0.0776. The summed E-state index contributed by atoms with van der Waals surface area (Å²) in [6, 6.07) is 0.173. The lowest BCUT2D eigenvalue weighted by Gasteiger charge is -2.09. The molecule has 0 radical (unpaired) electrons. The number of carbonyl (C=O) groups excluding carboxylic acids is 2. The molecule has 0 saturated heterocycles. The van der Waals surface area contributed by atoms with Gasteiger partial charge in [-0.15, -0.1) is 0 Å². The first kappa shape index (κ1) is 17.1. The SMILES string of the molecule is C/C=C(\C)OCC(=O)NC(C)C.CCC=O. The predicted molar refractivity (Wildman–Crippen MR) is 65.0 cm³/mol. The maximum atomic E-state index is 11.0. The Morgan fingerprint density at radius 2 is 1.94 bits per heavy atom. The van der Waals surface area contributed by atoms with Gasteiger partial charge in [-0.05, 0) is 33.8 Å². The smallest absolute Gasteiger partial charge is 0.258 e. The minimum atomic E-state index is -0.0776. The topological polar surface area (TPSA) is 55.4 Å². The molecular formula is C12H23NO3. The van der Waals surface area contributed by atoms with E-state index in [9.17, 15) is 9.59 Å². The van der Waals surface area contributed by atoms with Gasteiger partial charge < -0.3 is 14.8 Å². The summed E-state index contributed by atoms with van der Waals surface area (Å²) >= 11 is 0. The van der Waals surface area contributed by atoms with E-state index < -0.39 is 0 Å². The van der Waals surface area contributed by atoms with Gasteiger partial charge in [0.15, 0.2) is 6.61 Å². The molecule has 0 aliphatic rings. The average molecular weight is 229 g/mol. The Morgan fingerprint density at radius 3 is 2.25 bits per heavy atom. The number of hydrogen-bond acceptors (Lipinski definition) is 3. The minimum Gasteiger partial charge on any atom is -0.489 e. The van der Waals surface area contributed by atoms with Crippen LogP contribution in [0.15, 0.2) is 11.8 Å². The highest BCUT2D eigenvalue weighted by atomic mass is 16.5. The lowest BCUT2D eigenvalue weighted by Crippen LogP contribution is -2.33. The van der Waals surface area contributed by atoms with Gasteiger partial charge in [0.25, 0.3) is 5.91 Å². The van der Waals surface area contributed by atoms with Crippen molar-refractivity contribution in [3.8, 4) is 0 Å². The fraction of sp³-hybridized carbons (Fsp3) is 0.667. The normalized spacial score (nSPS) is 10.2. The largest absolute Gasteiger partial charge is 0.489 e. The Morgan fingerprint density at radius 1 is 1.44 bits per heavy atom. The van der Waals surface area contributed by atoms with Gasteiger partial charge in [0, 0.05) is 12.5 Å². The van der Waals surface area contributed by atoms with Crippen molar-refractivity contribution in [2.75, 3.05) is 6.61 Å². The summed E-state index contributed by atoms with van der Waals surface area (Å²) in [4.78, 5) is 20.2. The highest BCUT2D eigenvalue weighted by Crippen LogP contribution is 1.93. The molecule has 0 aromatic heterocycles. The Labute approximate surface area is 98.1 Å². The molecule has 0 saturated carbocycles. The molecule has 0 fully saturated rings. The zero-order valence-electron chi connectivity index (χ0n) is 10.9. The van der Waals surface area contributed by atoms with Crippen LogP contribution in [0.1, 0.15) is 41.0 Å². The molecule has 0 aromatic rings. The first-order chi connectivity index (χ1) is 7.47. The summed E-state index contributed by atoms with van der Waals surface area (Å²) in [6.07, 6.45) is 3.34. The molecule has 0 aliphatic heterocycles. The van der Waals surface area contributed by atoms with Crippen LogP contribution in [0.25, 0.3) is 0 Å². The van der Waals surface area contributed by atoms with Crippen LogP contribution < -0.4 is 5.32 Å². The molecule has 4 heteroatoms. The van der Waals surface area contributed by atoms with E-state index in [1.807, 2.05) is 40.7 Å². The third kappa shape index (κ3) is 15.2. The average Bonchev–Trinajstić information content (AvgIpc) is 2.25. The van der Waals surface area contributed by atoms with E-state index in [1.165, 1.54) is 0 Å². The van der Waals surface area contributed by atoms with Gasteiger partial charge in [-0.3, -0.25) is 4.79 Å². The standard InChI is InChI=1S/C9H17NO2.C3H6O/c1-5-8(4)12-6-9(11)10-7(2)3;1-2-3-4/h5,7H,6H2,1-4H3,(H,10,11);3H,2H2,1H3/b8-5+;. The molecule has 94 valence electrons. The number of rotatable bonds is 5. The van der Waals surface area contributed by atoms with E-state index in [4.69, 9.17) is 4.74 Å². The highest BCUT2D eigenvalue weighted by molar-refractivity contribution is 5.77. The van der Waals surface area contributed by atoms with Crippen molar-refractivity contribution < 1.29 is 14.3 Å². The Hall–Kier alpha value is -1.32. The van der Waals surface area contributed by atoms with Crippen LogP contribution >= 0.6 is 0 Å². The van der Waals surface area contributed by atoms with E-state index in [2.05, 4.69) is 5.32 Å². The molecule has 0 rings (SSSR count). The molecule has 0 aromatic carbocycles. The molecule has 0 heterocycles. The van der Waals surface area contributed by atoms with E-state index in [1.54, 1.807) is 0 Å². The van der Waals surface area contributed by atoms with Crippen molar-refractivity contribution in [2.45, 2.75) is 47.1 Å². The molecular weight excluding hydrogens is 206 g/mol. The number of amides is 1. The lowest BCUT2D eigenvalue weighted by atomic mass is 10.4. The quantitative estimate of drug-likeness (QED) is 0.580. The zero-order chi connectivity index (χ0) is 13.0. The van der Waals surface area contributed by atoms with Crippen molar-refractivity contribution >= 4 is 12.2 Å². The Kier molecular flexibility index (Phi) is 12.6. The van der Waals surface area contributed by atoms with Crippen LogP contribution in [-0.4, -0.2) is 24.8 Å². The molecule has 1 amide bonds. The van der Waals surface area contributed by atoms with Crippen molar-refractivity contribution in [3.63, 3.8) is 0 Å². The molecule has 0 aliphatic carbocycles. The van der Waals surface area contributed by atoms with E-state index in [0.29, 0.717) is 6.42 Å². The summed E-state index contributed by atoms with van der Waals surface area (Å²) in [7, 11) is 0. The van der Waals surface area contributed by atoms with E-state index in [0.717, 1.165) is 12.0 Å². The maximum absolute atomic E-state index is 11.0. The summed E-state index contributed by atoms with van der Waals surface area (Å²) < 4.78 is 5.10. The van der Waals surface area contributed by atoms with Crippen LogP contribution in [0.2, 0.25) is 0 Å². The molecule has 0 spiro atoms. The lowest BCUT2D eigenvalue weighted by molar-refractivity contribution is -0.124. The molecule has 0 atom stereocenters. The van der Waals surface area contributed by atoms with Crippen molar-refractivity contribution in [1.29, 1.82) is 0 Å². The van der Waals surface area contributed by atoms with Crippen molar-refractivity contribution in [1.82, 2.24) is 5.32 Å². The van der Waals surface area contributed by atoms with E-state index in [-0.39, 0.29) is 18.6 Å². The number of allylic oxidation sites excluding steroid dienone is 2. The van der Waals surface area contributed by atoms with Crippen LogP contribution in [-0.2, 0) is 14.3 Å². The zero-order valence-corrected chi connectivity index (χ0v) is 10.9. The molecule has 4 nitrogen and oxygen atoms in total. The second-order valence-corrected chi connectivity index (χ2v) is 3.49. The highest BCUT2D eigenvalue weighted by Gasteiger charge is 2.02.